The molecule has 1 amide bonds. The number of aryl methyl sites for hydroxylation is 3. The molecule has 1 aliphatic rings. The zero-order valence-corrected chi connectivity index (χ0v) is 15.6. The predicted octanol–water partition coefficient (Wildman–Crippen LogP) is 3.91. The molecule has 1 aliphatic heterocycles. The topological polar surface area (TPSA) is 58.1 Å². The first-order valence-electron chi connectivity index (χ1n) is 8.56. The van der Waals surface area contributed by atoms with Crippen LogP contribution in [-0.2, 0) is 4.79 Å². The molecule has 1 aromatic heterocycles. The SMILES string of the molecule is Cc1cc(C)nc(N2CCC[C@H](C(=O)Nc3ccc(C)c(Cl)c3)C2)n1. The summed E-state index contributed by atoms with van der Waals surface area (Å²) in [4.78, 5) is 23.8. The number of nitrogens with zero attached hydrogens (tertiary/aromatic N) is 3. The standard InChI is InChI=1S/C19H23ClN4O/c1-12-6-7-16(10-17(12)20)23-18(25)15-5-4-8-24(11-15)19-21-13(2)9-14(3)22-19/h6-7,9-10,15H,4-5,8,11H2,1-3H3,(H,23,25)/t15-/m0/s1. The second-order valence-corrected chi connectivity index (χ2v) is 7.10. The number of hydrogen-bond donors (Lipinski definition) is 1. The monoisotopic (exact) mass is 358 g/mol. The minimum atomic E-state index is -0.0850. The summed E-state index contributed by atoms with van der Waals surface area (Å²) in [5.74, 6) is 0.653. The highest BCUT2D eigenvalue weighted by atomic mass is 35.5. The largest absolute Gasteiger partial charge is 0.340 e. The second-order valence-electron chi connectivity index (χ2n) is 6.69. The molecule has 0 aliphatic carbocycles. The highest BCUT2D eigenvalue weighted by Crippen LogP contribution is 2.24. The van der Waals surface area contributed by atoms with E-state index in [4.69, 9.17) is 11.6 Å². The van der Waals surface area contributed by atoms with Crippen molar-refractivity contribution in [3.05, 3.63) is 46.2 Å². The Morgan fingerprint density at radius 3 is 2.60 bits per heavy atom. The van der Waals surface area contributed by atoms with Crippen molar-refractivity contribution in [2.24, 2.45) is 5.92 Å². The number of benzene rings is 1. The van der Waals surface area contributed by atoms with Crippen LogP contribution in [0.5, 0.6) is 0 Å². The van der Waals surface area contributed by atoms with E-state index in [-0.39, 0.29) is 11.8 Å². The number of carbonyl (C=O) groups excluding carboxylic acids is 1. The quantitative estimate of drug-likeness (QED) is 0.903. The molecule has 0 bridgehead atoms. The van der Waals surface area contributed by atoms with Gasteiger partial charge in [-0.15, -0.1) is 0 Å². The number of amides is 1. The van der Waals surface area contributed by atoms with Gasteiger partial charge in [0.25, 0.3) is 0 Å². The normalized spacial score (nSPS) is 17.4. The van der Waals surface area contributed by atoms with E-state index in [1.807, 2.05) is 39.0 Å². The Hall–Kier alpha value is -2.14. The third-order valence-corrected chi connectivity index (χ3v) is 4.89. The molecule has 0 unspecified atom stereocenters. The zero-order chi connectivity index (χ0) is 18.0. The number of anilines is 2. The van der Waals surface area contributed by atoms with Crippen molar-refractivity contribution < 1.29 is 4.79 Å². The summed E-state index contributed by atoms with van der Waals surface area (Å²) in [6.45, 7) is 7.38. The number of aromatic nitrogens is 2. The Labute approximate surface area is 153 Å². The molecule has 3 rings (SSSR count). The minimum Gasteiger partial charge on any atom is -0.340 e. The van der Waals surface area contributed by atoms with Crippen LogP contribution in [0, 0.1) is 26.7 Å². The Balaban J connectivity index is 1.69. The molecule has 132 valence electrons. The van der Waals surface area contributed by atoms with Crippen molar-refractivity contribution in [2.75, 3.05) is 23.3 Å². The van der Waals surface area contributed by atoms with E-state index in [0.717, 1.165) is 42.0 Å². The Morgan fingerprint density at radius 2 is 1.92 bits per heavy atom. The van der Waals surface area contributed by atoms with Crippen molar-refractivity contribution in [2.45, 2.75) is 33.6 Å². The summed E-state index contributed by atoms with van der Waals surface area (Å²) < 4.78 is 0. The van der Waals surface area contributed by atoms with E-state index in [1.165, 1.54) is 0 Å². The third-order valence-electron chi connectivity index (χ3n) is 4.48. The maximum absolute atomic E-state index is 12.7. The molecule has 1 saturated heterocycles. The van der Waals surface area contributed by atoms with Crippen molar-refractivity contribution >= 4 is 29.1 Å². The van der Waals surface area contributed by atoms with Crippen molar-refractivity contribution in [1.82, 2.24) is 9.97 Å². The number of piperidine rings is 1. The number of rotatable bonds is 3. The van der Waals surface area contributed by atoms with Gasteiger partial charge in [-0.2, -0.15) is 0 Å². The zero-order valence-electron chi connectivity index (χ0n) is 14.8. The molecule has 1 N–H and O–H groups in total. The lowest BCUT2D eigenvalue weighted by molar-refractivity contribution is -0.120. The fourth-order valence-corrected chi connectivity index (χ4v) is 3.32. The number of carbonyl (C=O) groups is 1. The van der Waals surface area contributed by atoms with Crippen LogP contribution in [0.1, 0.15) is 29.8 Å². The molecule has 25 heavy (non-hydrogen) atoms. The van der Waals surface area contributed by atoms with Gasteiger partial charge in [0.05, 0.1) is 5.92 Å². The van der Waals surface area contributed by atoms with Gasteiger partial charge in [0.2, 0.25) is 11.9 Å². The summed E-state index contributed by atoms with van der Waals surface area (Å²) in [5.41, 5.74) is 3.63. The van der Waals surface area contributed by atoms with Crippen molar-refractivity contribution in [3.8, 4) is 0 Å². The second kappa shape index (κ2) is 7.40. The average Bonchev–Trinajstić information content (AvgIpc) is 2.57. The van der Waals surface area contributed by atoms with Gasteiger partial charge in [0.15, 0.2) is 0 Å². The predicted molar refractivity (Wildman–Crippen MR) is 101 cm³/mol. The van der Waals surface area contributed by atoms with Crippen LogP contribution in [0.4, 0.5) is 11.6 Å². The van der Waals surface area contributed by atoms with Crippen LogP contribution >= 0.6 is 11.6 Å². The molecule has 1 fully saturated rings. The molecule has 6 heteroatoms. The third kappa shape index (κ3) is 4.28. The van der Waals surface area contributed by atoms with Crippen molar-refractivity contribution in [3.63, 3.8) is 0 Å². The molecule has 2 heterocycles. The first-order chi connectivity index (χ1) is 11.9. The van der Waals surface area contributed by atoms with Crippen LogP contribution in [-0.4, -0.2) is 29.0 Å². The van der Waals surface area contributed by atoms with Gasteiger partial charge in [-0.3, -0.25) is 4.79 Å². The van der Waals surface area contributed by atoms with Crippen LogP contribution in [0.15, 0.2) is 24.3 Å². The van der Waals surface area contributed by atoms with Gasteiger partial charge >= 0.3 is 0 Å². The number of nitrogens with one attached hydrogen (secondary N) is 1. The molecule has 0 spiro atoms. The summed E-state index contributed by atoms with van der Waals surface area (Å²) in [5, 5.41) is 3.64. The first kappa shape index (κ1) is 17.7. The summed E-state index contributed by atoms with van der Waals surface area (Å²) >= 11 is 6.14. The Morgan fingerprint density at radius 1 is 1.20 bits per heavy atom. The van der Waals surface area contributed by atoms with Crippen LogP contribution in [0.3, 0.4) is 0 Å². The van der Waals surface area contributed by atoms with E-state index < -0.39 is 0 Å². The Bertz CT molecular complexity index is 773. The smallest absolute Gasteiger partial charge is 0.229 e. The lowest BCUT2D eigenvalue weighted by Gasteiger charge is -2.32. The maximum atomic E-state index is 12.7. The molecular formula is C19H23ClN4O. The fraction of sp³-hybridized carbons (Fsp3) is 0.421. The van der Waals surface area contributed by atoms with Gasteiger partial charge < -0.3 is 10.2 Å². The van der Waals surface area contributed by atoms with Crippen LogP contribution in [0.25, 0.3) is 0 Å². The molecular weight excluding hydrogens is 336 g/mol. The van der Waals surface area contributed by atoms with Gasteiger partial charge in [0, 0.05) is 35.2 Å². The maximum Gasteiger partial charge on any atom is 0.229 e. The summed E-state index contributed by atoms with van der Waals surface area (Å²) in [6.07, 6.45) is 1.82. The molecule has 2 aromatic rings. The first-order valence-corrected chi connectivity index (χ1v) is 8.94. The summed E-state index contributed by atoms with van der Waals surface area (Å²) in [7, 11) is 0. The van der Waals surface area contributed by atoms with E-state index in [2.05, 4.69) is 20.2 Å². The van der Waals surface area contributed by atoms with Crippen LogP contribution < -0.4 is 10.2 Å². The molecule has 0 radical (unpaired) electrons. The molecule has 1 atom stereocenters. The van der Waals surface area contributed by atoms with E-state index in [1.54, 1.807) is 6.07 Å². The van der Waals surface area contributed by atoms with Gasteiger partial charge in [-0.05, 0) is 57.4 Å². The number of halogens is 1. The number of hydrogen-bond acceptors (Lipinski definition) is 4. The van der Waals surface area contributed by atoms with E-state index in [9.17, 15) is 4.79 Å². The highest BCUT2D eigenvalue weighted by molar-refractivity contribution is 6.31. The fourth-order valence-electron chi connectivity index (χ4n) is 3.14. The minimum absolute atomic E-state index is 0.0222. The Kier molecular flexibility index (Phi) is 5.23. The molecule has 5 nitrogen and oxygen atoms in total. The van der Waals surface area contributed by atoms with E-state index in [0.29, 0.717) is 17.5 Å². The van der Waals surface area contributed by atoms with Crippen molar-refractivity contribution in [1.29, 1.82) is 0 Å². The van der Waals surface area contributed by atoms with Gasteiger partial charge in [-0.1, -0.05) is 17.7 Å². The van der Waals surface area contributed by atoms with Gasteiger partial charge in [0.1, 0.15) is 0 Å². The highest BCUT2D eigenvalue weighted by Gasteiger charge is 2.27. The summed E-state index contributed by atoms with van der Waals surface area (Å²) in [6, 6.07) is 7.54. The lowest BCUT2D eigenvalue weighted by Crippen LogP contribution is -2.41. The molecule has 1 aromatic carbocycles. The average molecular weight is 359 g/mol. The van der Waals surface area contributed by atoms with Gasteiger partial charge in [-0.25, -0.2) is 9.97 Å². The van der Waals surface area contributed by atoms with E-state index >= 15 is 0 Å². The van der Waals surface area contributed by atoms with Crippen LogP contribution in [0.2, 0.25) is 5.02 Å². The lowest BCUT2D eigenvalue weighted by atomic mass is 9.97. The molecule has 0 saturated carbocycles.